The average molecular weight is 345 g/mol. The summed E-state index contributed by atoms with van der Waals surface area (Å²) in [4.78, 5) is 21.3. The zero-order chi connectivity index (χ0) is 18.1. The zero-order valence-corrected chi connectivity index (χ0v) is 14.6. The van der Waals surface area contributed by atoms with Crippen molar-refractivity contribution >= 4 is 29.0 Å². The number of benzene rings is 2. The van der Waals surface area contributed by atoms with Crippen molar-refractivity contribution in [3.8, 4) is 0 Å². The smallest absolute Gasteiger partial charge is 0.261 e. The number of nitrogens with one attached hydrogen (secondary N) is 3. The molecule has 1 aromatic heterocycles. The minimum Gasteiger partial charge on any atom is -0.350 e. The SMILES string of the molecule is Cc1cc2c(cc1C)Nc1nc(NCc3ccccc3)ncc1C(=O)N2. The molecule has 0 fully saturated rings. The molecule has 26 heavy (non-hydrogen) atoms. The maximum atomic E-state index is 12.5. The van der Waals surface area contributed by atoms with Crippen LogP contribution >= 0.6 is 0 Å². The number of aryl methyl sites for hydroxylation is 2. The Labute approximate surface area is 151 Å². The highest BCUT2D eigenvalue weighted by atomic mass is 16.1. The minimum absolute atomic E-state index is 0.218. The molecule has 3 aromatic rings. The molecule has 3 N–H and O–H groups in total. The second-order valence-corrected chi connectivity index (χ2v) is 6.36. The third kappa shape index (κ3) is 3.09. The van der Waals surface area contributed by atoms with Gasteiger partial charge in [-0.25, -0.2) is 4.98 Å². The van der Waals surface area contributed by atoms with E-state index in [1.165, 1.54) is 0 Å². The van der Waals surface area contributed by atoms with E-state index in [-0.39, 0.29) is 5.91 Å². The van der Waals surface area contributed by atoms with Gasteiger partial charge in [-0.1, -0.05) is 30.3 Å². The molecular weight excluding hydrogens is 326 g/mol. The van der Waals surface area contributed by atoms with E-state index in [4.69, 9.17) is 0 Å². The first kappa shape index (κ1) is 16.1. The van der Waals surface area contributed by atoms with Crippen LogP contribution < -0.4 is 16.0 Å². The fourth-order valence-electron chi connectivity index (χ4n) is 2.85. The van der Waals surface area contributed by atoms with Crippen LogP contribution in [0.1, 0.15) is 27.0 Å². The van der Waals surface area contributed by atoms with Crippen molar-refractivity contribution in [1.82, 2.24) is 9.97 Å². The average Bonchev–Trinajstić information content (AvgIpc) is 2.77. The van der Waals surface area contributed by atoms with E-state index in [0.29, 0.717) is 23.9 Å². The van der Waals surface area contributed by atoms with Gasteiger partial charge >= 0.3 is 0 Å². The van der Waals surface area contributed by atoms with E-state index in [0.717, 1.165) is 28.1 Å². The molecule has 130 valence electrons. The summed E-state index contributed by atoms with van der Waals surface area (Å²) < 4.78 is 0. The monoisotopic (exact) mass is 345 g/mol. The summed E-state index contributed by atoms with van der Waals surface area (Å²) in [5.74, 6) is 0.749. The molecule has 0 saturated carbocycles. The van der Waals surface area contributed by atoms with Crippen LogP contribution in [0.3, 0.4) is 0 Å². The van der Waals surface area contributed by atoms with Crippen LogP contribution in [0.15, 0.2) is 48.7 Å². The number of aromatic nitrogens is 2. The molecule has 0 unspecified atom stereocenters. The first-order valence-electron chi connectivity index (χ1n) is 8.44. The van der Waals surface area contributed by atoms with Crippen molar-refractivity contribution in [2.45, 2.75) is 20.4 Å². The van der Waals surface area contributed by atoms with E-state index >= 15 is 0 Å². The quantitative estimate of drug-likeness (QED) is 0.668. The molecule has 1 amide bonds. The van der Waals surface area contributed by atoms with Gasteiger partial charge in [-0.05, 0) is 42.7 Å². The number of carbonyl (C=O) groups is 1. The van der Waals surface area contributed by atoms with Crippen LogP contribution in [0.2, 0.25) is 0 Å². The van der Waals surface area contributed by atoms with Crippen molar-refractivity contribution in [3.05, 3.63) is 70.9 Å². The maximum absolute atomic E-state index is 12.5. The van der Waals surface area contributed by atoms with Crippen molar-refractivity contribution in [1.29, 1.82) is 0 Å². The Morgan fingerprint density at radius 3 is 2.42 bits per heavy atom. The van der Waals surface area contributed by atoms with E-state index in [1.54, 1.807) is 6.20 Å². The Morgan fingerprint density at radius 1 is 1.00 bits per heavy atom. The Balaban J connectivity index is 1.63. The predicted molar refractivity (Wildman–Crippen MR) is 103 cm³/mol. The van der Waals surface area contributed by atoms with Gasteiger partial charge in [-0.3, -0.25) is 4.79 Å². The van der Waals surface area contributed by atoms with Gasteiger partial charge in [-0.15, -0.1) is 0 Å². The third-order valence-corrected chi connectivity index (χ3v) is 4.46. The van der Waals surface area contributed by atoms with Crippen LogP contribution in [-0.2, 0) is 6.54 Å². The van der Waals surface area contributed by atoms with Gasteiger partial charge in [0.15, 0.2) is 0 Å². The predicted octanol–water partition coefficient (Wildman–Crippen LogP) is 4.01. The lowest BCUT2D eigenvalue weighted by molar-refractivity contribution is 0.102. The lowest BCUT2D eigenvalue weighted by atomic mass is 10.1. The molecule has 0 saturated heterocycles. The van der Waals surface area contributed by atoms with E-state index < -0.39 is 0 Å². The number of nitrogens with zero attached hydrogens (tertiary/aromatic N) is 2. The van der Waals surface area contributed by atoms with E-state index in [1.807, 2.05) is 56.3 Å². The molecule has 0 spiro atoms. The molecule has 4 rings (SSSR count). The molecule has 1 aliphatic rings. The van der Waals surface area contributed by atoms with Crippen LogP contribution in [0, 0.1) is 13.8 Å². The molecule has 6 nitrogen and oxygen atoms in total. The lowest BCUT2D eigenvalue weighted by Crippen LogP contribution is -2.13. The minimum atomic E-state index is -0.218. The highest BCUT2D eigenvalue weighted by molar-refractivity contribution is 6.11. The van der Waals surface area contributed by atoms with Crippen LogP contribution in [-0.4, -0.2) is 15.9 Å². The van der Waals surface area contributed by atoms with Gasteiger partial charge in [0.1, 0.15) is 11.4 Å². The van der Waals surface area contributed by atoms with Gasteiger partial charge in [0.2, 0.25) is 5.95 Å². The normalized spacial score (nSPS) is 12.3. The van der Waals surface area contributed by atoms with Crippen LogP contribution in [0.4, 0.5) is 23.1 Å². The first-order chi connectivity index (χ1) is 12.6. The summed E-state index contributed by atoms with van der Waals surface area (Å²) in [5.41, 5.74) is 5.39. The second-order valence-electron chi connectivity index (χ2n) is 6.36. The first-order valence-corrected chi connectivity index (χ1v) is 8.44. The number of hydrogen-bond donors (Lipinski definition) is 3. The molecule has 0 aliphatic carbocycles. The van der Waals surface area contributed by atoms with E-state index in [9.17, 15) is 4.79 Å². The summed E-state index contributed by atoms with van der Waals surface area (Å²) in [7, 11) is 0. The van der Waals surface area contributed by atoms with Crippen molar-refractivity contribution < 1.29 is 4.79 Å². The Kier molecular flexibility index (Phi) is 4.01. The number of anilines is 4. The van der Waals surface area contributed by atoms with Gasteiger partial charge < -0.3 is 16.0 Å². The molecule has 2 heterocycles. The lowest BCUT2D eigenvalue weighted by Gasteiger charge is -2.11. The van der Waals surface area contributed by atoms with Gasteiger partial charge in [-0.2, -0.15) is 4.98 Å². The Morgan fingerprint density at radius 2 is 1.69 bits per heavy atom. The summed E-state index contributed by atoms with van der Waals surface area (Å²) >= 11 is 0. The van der Waals surface area contributed by atoms with Crippen molar-refractivity contribution in [3.63, 3.8) is 0 Å². The summed E-state index contributed by atoms with van der Waals surface area (Å²) in [5, 5.41) is 9.38. The summed E-state index contributed by atoms with van der Waals surface area (Å²) in [6.07, 6.45) is 1.55. The fraction of sp³-hybridized carbons (Fsp3) is 0.150. The molecule has 2 aromatic carbocycles. The standard InChI is InChI=1S/C20H19N5O/c1-12-8-16-17(9-13(12)2)24-19(26)15-11-22-20(25-18(15)23-16)21-10-14-6-4-3-5-7-14/h3-9,11H,10H2,1-2H3,(H,24,26)(H2,21,22,23,25). The number of amides is 1. The highest BCUT2D eigenvalue weighted by Gasteiger charge is 2.21. The zero-order valence-electron chi connectivity index (χ0n) is 14.6. The van der Waals surface area contributed by atoms with Crippen molar-refractivity contribution in [2.75, 3.05) is 16.0 Å². The highest BCUT2D eigenvalue weighted by Crippen LogP contribution is 2.33. The van der Waals surface area contributed by atoms with E-state index in [2.05, 4.69) is 25.9 Å². The molecule has 0 bridgehead atoms. The number of fused-ring (bicyclic) bond motifs is 2. The van der Waals surface area contributed by atoms with Crippen LogP contribution in [0.5, 0.6) is 0 Å². The number of carbonyl (C=O) groups excluding carboxylic acids is 1. The largest absolute Gasteiger partial charge is 0.350 e. The molecule has 1 aliphatic heterocycles. The number of rotatable bonds is 3. The Bertz CT molecular complexity index is 985. The second kappa shape index (κ2) is 6.48. The van der Waals surface area contributed by atoms with Gasteiger partial charge in [0.25, 0.3) is 5.91 Å². The topological polar surface area (TPSA) is 78.9 Å². The van der Waals surface area contributed by atoms with Gasteiger partial charge in [0, 0.05) is 12.7 Å². The molecule has 6 heteroatoms. The third-order valence-electron chi connectivity index (χ3n) is 4.46. The summed E-state index contributed by atoms with van der Waals surface area (Å²) in [6, 6.07) is 14.0. The van der Waals surface area contributed by atoms with Crippen molar-refractivity contribution in [2.24, 2.45) is 0 Å². The van der Waals surface area contributed by atoms with Gasteiger partial charge in [0.05, 0.1) is 11.4 Å². The Hall–Kier alpha value is -3.41. The molecule has 0 atom stereocenters. The molecular formula is C20H19N5O. The summed E-state index contributed by atoms with van der Waals surface area (Å²) in [6.45, 7) is 4.67. The van der Waals surface area contributed by atoms with Crippen LogP contribution in [0.25, 0.3) is 0 Å². The maximum Gasteiger partial charge on any atom is 0.261 e. The molecule has 0 radical (unpaired) electrons. The number of hydrogen-bond acceptors (Lipinski definition) is 5. The fourth-order valence-corrected chi connectivity index (χ4v) is 2.85.